The second-order valence-corrected chi connectivity index (χ2v) is 6.62. The van der Waals surface area contributed by atoms with Crippen molar-refractivity contribution in [3.05, 3.63) is 35.9 Å². The Morgan fingerprint density at radius 1 is 1.39 bits per heavy atom. The Morgan fingerprint density at radius 3 is 2.65 bits per heavy atom. The van der Waals surface area contributed by atoms with Crippen LogP contribution in [-0.2, 0) is 20.9 Å². The first-order valence-corrected chi connectivity index (χ1v) is 8.02. The van der Waals surface area contributed by atoms with E-state index in [4.69, 9.17) is 4.74 Å². The molecule has 1 aromatic carbocycles. The van der Waals surface area contributed by atoms with Crippen LogP contribution in [0.5, 0.6) is 0 Å². The standard InChI is InChI=1S/C18H26N2O3/c1-13-11-20(12-18(13,3)17(22)23-4)14(2)16(21)19-10-15-8-6-5-7-9-15/h5-9,13-14H,10-12H2,1-4H3,(H,19,21)/t13-,14-,18-/m1/s1. The van der Waals surface area contributed by atoms with E-state index in [-0.39, 0.29) is 23.8 Å². The topological polar surface area (TPSA) is 58.6 Å². The number of ether oxygens (including phenoxy) is 1. The predicted molar refractivity (Wildman–Crippen MR) is 88.6 cm³/mol. The molecule has 0 unspecified atom stereocenters. The van der Waals surface area contributed by atoms with Gasteiger partial charge in [-0.1, -0.05) is 37.3 Å². The second kappa shape index (κ2) is 7.13. The van der Waals surface area contributed by atoms with Crippen LogP contribution >= 0.6 is 0 Å². The van der Waals surface area contributed by atoms with Gasteiger partial charge in [0, 0.05) is 19.6 Å². The highest BCUT2D eigenvalue weighted by atomic mass is 16.5. The first-order chi connectivity index (χ1) is 10.9. The highest BCUT2D eigenvalue weighted by molar-refractivity contribution is 5.82. The molecule has 1 heterocycles. The Kier molecular flexibility index (Phi) is 5.42. The fourth-order valence-electron chi connectivity index (χ4n) is 3.09. The molecule has 1 fully saturated rings. The molecule has 1 aliphatic heterocycles. The van der Waals surface area contributed by atoms with Crippen molar-refractivity contribution >= 4 is 11.9 Å². The number of carbonyl (C=O) groups excluding carboxylic acids is 2. The van der Waals surface area contributed by atoms with Gasteiger partial charge < -0.3 is 10.1 Å². The van der Waals surface area contributed by atoms with Crippen molar-refractivity contribution in [3.63, 3.8) is 0 Å². The van der Waals surface area contributed by atoms with Crippen molar-refractivity contribution < 1.29 is 14.3 Å². The number of hydrogen-bond acceptors (Lipinski definition) is 4. The van der Waals surface area contributed by atoms with Crippen molar-refractivity contribution in [2.75, 3.05) is 20.2 Å². The Labute approximate surface area is 138 Å². The predicted octanol–water partition coefficient (Wildman–Crippen LogP) is 1.82. The van der Waals surface area contributed by atoms with Crippen molar-refractivity contribution in [2.45, 2.75) is 33.4 Å². The minimum atomic E-state index is -0.553. The lowest BCUT2D eigenvalue weighted by atomic mass is 9.81. The second-order valence-electron chi connectivity index (χ2n) is 6.62. The van der Waals surface area contributed by atoms with Crippen LogP contribution < -0.4 is 5.32 Å². The van der Waals surface area contributed by atoms with Gasteiger partial charge >= 0.3 is 5.97 Å². The highest BCUT2D eigenvalue weighted by Gasteiger charge is 2.48. The summed E-state index contributed by atoms with van der Waals surface area (Å²) in [4.78, 5) is 26.5. The number of hydrogen-bond donors (Lipinski definition) is 1. The lowest BCUT2D eigenvalue weighted by Crippen LogP contribution is -2.45. The molecule has 0 aromatic heterocycles. The molecular formula is C18H26N2O3. The number of benzene rings is 1. The van der Waals surface area contributed by atoms with Gasteiger partial charge in [-0.2, -0.15) is 0 Å². The lowest BCUT2D eigenvalue weighted by Gasteiger charge is -2.26. The zero-order valence-corrected chi connectivity index (χ0v) is 14.3. The number of carbonyl (C=O) groups is 2. The van der Waals surface area contributed by atoms with E-state index in [0.29, 0.717) is 19.6 Å². The molecule has 23 heavy (non-hydrogen) atoms. The van der Waals surface area contributed by atoms with Gasteiger partial charge in [0.25, 0.3) is 0 Å². The van der Waals surface area contributed by atoms with E-state index >= 15 is 0 Å². The molecule has 0 spiro atoms. The molecule has 1 saturated heterocycles. The van der Waals surface area contributed by atoms with Crippen LogP contribution in [0, 0.1) is 11.3 Å². The molecule has 5 nitrogen and oxygen atoms in total. The summed E-state index contributed by atoms with van der Waals surface area (Å²) in [6.45, 7) is 7.60. The lowest BCUT2D eigenvalue weighted by molar-refractivity contribution is -0.153. The summed E-state index contributed by atoms with van der Waals surface area (Å²) in [5, 5.41) is 2.96. The molecule has 126 valence electrons. The third kappa shape index (κ3) is 3.72. The number of amides is 1. The molecule has 5 heteroatoms. The Bertz CT molecular complexity index is 561. The quantitative estimate of drug-likeness (QED) is 0.842. The zero-order chi connectivity index (χ0) is 17.0. The summed E-state index contributed by atoms with van der Waals surface area (Å²) in [5.74, 6) is -0.0705. The molecule has 2 rings (SSSR count). The molecular weight excluding hydrogens is 292 g/mol. The summed E-state index contributed by atoms with van der Waals surface area (Å²) in [7, 11) is 1.42. The normalized spacial score (nSPS) is 25.8. The Hall–Kier alpha value is -1.88. The molecule has 0 radical (unpaired) electrons. The monoisotopic (exact) mass is 318 g/mol. The fourth-order valence-corrected chi connectivity index (χ4v) is 3.09. The average Bonchev–Trinajstić information content (AvgIpc) is 2.88. The van der Waals surface area contributed by atoms with Crippen molar-refractivity contribution in [1.29, 1.82) is 0 Å². The highest BCUT2D eigenvalue weighted by Crippen LogP contribution is 2.37. The number of methoxy groups -OCH3 is 1. The van der Waals surface area contributed by atoms with Gasteiger partial charge in [0.1, 0.15) is 0 Å². The third-order valence-electron chi connectivity index (χ3n) is 5.02. The van der Waals surface area contributed by atoms with Gasteiger partial charge in [-0.25, -0.2) is 0 Å². The Morgan fingerprint density at radius 2 is 2.04 bits per heavy atom. The van der Waals surface area contributed by atoms with Crippen LogP contribution in [0.1, 0.15) is 26.3 Å². The molecule has 1 aromatic rings. The summed E-state index contributed by atoms with van der Waals surface area (Å²) >= 11 is 0. The molecule has 0 saturated carbocycles. The number of likely N-dealkylation sites (tertiary alicyclic amines) is 1. The molecule has 1 N–H and O–H groups in total. The first-order valence-electron chi connectivity index (χ1n) is 8.02. The smallest absolute Gasteiger partial charge is 0.313 e. The van der Waals surface area contributed by atoms with Gasteiger partial charge in [0.2, 0.25) is 5.91 Å². The van der Waals surface area contributed by atoms with Gasteiger partial charge in [0.15, 0.2) is 0 Å². The van der Waals surface area contributed by atoms with Gasteiger partial charge in [-0.15, -0.1) is 0 Å². The summed E-state index contributed by atoms with van der Waals surface area (Å²) in [6.07, 6.45) is 0. The Balaban J connectivity index is 1.94. The van der Waals surface area contributed by atoms with Crippen LogP contribution in [-0.4, -0.2) is 43.0 Å². The maximum absolute atomic E-state index is 12.4. The number of rotatable bonds is 5. The van der Waals surface area contributed by atoms with E-state index in [9.17, 15) is 9.59 Å². The van der Waals surface area contributed by atoms with Gasteiger partial charge in [-0.3, -0.25) is 14.5 Å². The van der Waals surface area contributed by atoms with Crippen LogP contribution in [0.25, 0.3) is 0 Å². The van der Waals surface area contributed by atoms with E-state index in [1.807, 2.05) is 51.1 Å². The van der Waals surface area contributed by atoms with E-state index in [0.717, 1.165) is 5.56 Å². The first kappa shape index (κ1) is 17.5. The van der Waals surface area contributed by atoms with E-state index in [1.54, 1.807) is 0 Å². The largest absolute Gasteiger partial charge is 0.469 e. The minimum Gasteiger partial charge on any atom is -0.469 e. The van der Waals surface area contributed by atoms with Crippen molar-refractivity contribution in [1.82, 2.24) is 10.2 Å². The maximum atomic E-state index is 12.4. The number of esters is 1. The van der Waals surface area contributed by atoms with Crippen molar-refractivity contribution in [3.8, 4) is 0 Å². The van der Waals surface area contributed by atoms with Gasteiger partial charge in [-0.05, 0) is 25.3 Å². The average molecular weight is 318 g/mol. The molecule has 0 bridgehead atoms. The molecule has 1 amide bonds. The molecule has 3 atom stereocenters. The van der Waals surface area contributed by atoms with E-state index in [2.05, 4.69) is 10.2 Å². The summed E-state index contributed by atoms with van der Waals surface area (Å²) in [6, 6.07) is 9.55. The SMILES string of the molecule is COC(=O)[C@]1(C)CN([C@H](C)C(=O)NCc2ccccc2)C[C@H]1C. The number of nitrogens with zero attached hydrogens (tertiary/aromatic N) is 1. The van der Waals surface area contributed by atoms with Crippen LogP contribution in [0.2, 0.25) is 0 Å². The summed E-state index contributed by atoms with van der Waals surface area (Å²) < 4.78 is 4.94. The van der Waals surface area contributed by atoms with E-state index < -0.39 is 5.41 Å². The fraction of sp³-hybridized carbons (Fsp3) is 0.556. The van der Waals surface area contributed by atoms with Crippen molar-refractivity contribution in [2.24, 2.45) is 11.3 Å². The number of nitrogens with one attached hydrogen (secondary N) is 1. The molecule has 1 aliphatic rings. The zero-order valence-electron chi connectivity index (χ0n) is 14.3. The van der Waals surface area contributed by atoms with E-state index in [1.165, 1.54) is 7.11 Å². The summed E-state index contributed by atoms with van der Waals surface area (Å²) in [5.41, 5.74) is 0.519. The van der Waals surface area contributed by atoms with Crippen LogP contribution in [0.4, 0.5) is 0 Å². The maximum Gasteiger partial charge on any atom is 0.313 e. The van der Waals surface area contributed by atoms with Crippen LogP contribution in [0.3, 0.4) is 0 Å². The third-order valence-corrected chi connectivity index (χ3v) is 5.02. The molecule has 0 aliphatic carbocycles. The minimum absolute atomic E-state index is 0.0184. The van der Waals surface area contributed by atoms with Crippen LogP contribution in [0.15, 0.2) is 30.3 Å². The van der Waals surface area contributed by atoms with Gasteiger partial charge in [0.05, 0.1) is 18.6 Å².